The number of rotatable bonds is 2. The molecule has 0 amide bonds. The first kappa shape index (κ1) is 10.7. The molecule has 3 nitrogen and oxygen atoms in total. The van der Waals surface area contributed by atoms with Gasteiger partial charge in [0, 0.05) is 6.04 Å². The highest BCUT2D eigenvalue weighted by molar-refractivity contribution is 7.73. The van der Waals surface area contributed by atoms with Crippen LogP contribution in [0.25, 0.3) is 0 Å². The van der Waals surface area contributed by atoms with Gasteiger partial charge in [-0.15, -0.1) is 0 Å². The van der Waals surface area contributed by atoms with Crippen molar-refractivity contribution >= 4 is 15.2 Å². The summed E-state index contributed by atoms with van der Waals surface area (Å²) in [7, 11) is -2.02. The van der Waals surface area contributed by atoms with Crippen molar-refractivity contribution in [2.45, 2.75) is 39.2 Å². The lowest BCUT2D eigenvalue weighted by atomic mass is 10.1. The summed E-state index contributed by atoms with van der Waals surface area (Å²) < 4.78 is 21.4. The molecule has 4 heteroatoms. The molecule has 1 aliphatic rings. The Hall–Kier alpha value is -0.350. The first-order valence-electron chi connectivity index (χ1n) is 4.79. The first-order chi connectivity index (χ1) is 6.13. The molecule has 0 aliphatic carbocycles. The molecule has 1 fully saturated rings. The molecule has 1 aliphatic heterocycles. The van der Waals surface area contributed by atoms with Crippen molar-refractivity contribution in [3.05, 3.63) is 0 Å². The van der Waals surface area contributed by atoms with Gasteiger partial charge < -0.3 is 0 Å². The van der Waals surface area contributed by atoms with E-state index < -0.39 is 10.3 Å². The standard InChI is InChI=1S/C9H17NO2S/c1-8(9(2)13(11)12)10-6-4-3-5-7-10/h8H,3-7H2,1-2H3. The molecule has 1 unspecified atom stereocenters. The smallest absolute Gasteiger partial charge is 0.214 e. The summed E-state index contributed by atoms with van der Waals surface area (Å²) in [6.07, 6.45) is 3.68. The third-order valence-electron chi connectivity index (χ3n) is 2.79. The maximum Gasteiger partial charge on any atom is 0.214 e. The molecule has 1 heterocycles. The lowest BCUT2D eigenvalue weighted by Gasteiger charge is -2.31. The Kier molecular flexibility index (Phi) is 3.93. The molecule has 1 atom stereocenters. The summed E-state index contributed by atoms with van der Waals surface area (Å²) >= 11 is 0. The van der Waals surface area contributed by atoms with Crippen molar-refractivity contribution < 1.29 is 8.42 Å². The fourth-order valence-electron chi connectivity index (χ4n) is 1.70. The minimum atomic E-state index is -2.02. The van der Waals surface area contributed by atoms with Crippen LogP contribution in [0.2, 0.25) is 0 Å². The van der Waals surface area contributed by atoms with E-state index in [0.717, 1.165) is 13.1 Å². The van der Waals surface area contributed by atoms with Crippen LogP contribution in [0.15, 0.2) is 0 Å². The maximum atomic E-state index is 10.7. The predicted octanol–water partition coefficient (Wildman–Crippen LogP) is 0.932. The molecule has 0 saturated carbocycles. The van der Waals surface area contributed by atoms with Crippen LogP contribution in [0.3, 0.4) is 0 Å². The Morgan fingerprint density at radius 2 is 1.77 bits per heavy atom. The van der Waals surface area contributed by atoms with Gasteiger partial charge in [-0.25, -0.2) is 0 Å². The molecule has 1 rings (SSSR count). The highest BCUT2D eigenvalue weighted by Crippen LogP contribution is 2.12. The number of nitrogens with zero attached hydrogens (tertiary/aromatic N) is 1. The minimum Gasteiger partial charge on any atom is -0.296 e. The van der Waals surface area contributed by atoms with E-state index in [1.165, 1.54) is 19.3 Å². The number of hydrogen-bond acceptors (Lipinski definition) is 3. The van der Waals surface area contributed by atoms with Crippen molar-refractivity contribution in [1.82, 2.24) is 4.90 Å². The molecule has 0 radical (unpaired) electrons. The zero-order valence-corrected chi connectivity index (χ0v) is 9.10. The van der Waals surface area contributed by atoms with Crippen LogP contribution < -0.4 is 0 Å². The zero-order valence-electron chi connectivity index (χ0n) is 8.28. The summed E-state index contributed by atoms with van der Waals surface area (Å²) in [6, 6.07) is 0.0821. The molecular weight excluding hydrogens is 186 g/mol. The van der Waals surface area contributed by atoms with E-state index in [0.29, 0.717) is 4.86 Å². The lowest BCUT2D eigenvalue weighted by Crippen LogP contribution is -2.41. The second-order valence-electron chi connectivity index (χ2n) is 3.62. The number of piperidine rings is 1. The van der Waals surface area contributed by atoms with Crippen LogP contribution >= 0.6 is 0 Å². The van der Waals surface area contributed by atoms with Crippen LogP contribution in [0.4, 0.5) is 0 Å². The lowest BCUT2D eigenvalue weighted by molar-refractivity contribution is 0.212. The van der Waals surface area contributed by atoms with Gasteiger partial charge in [-0.1, -0.05) is 6.42 Å². The van der Waals surface area contributed by atoms with Crippen LogP contribution in [-0.2, 0) is 10.3 Å². The monoisotopic (exact) mass is 203 g/mol. The molecule has 0 aromatic carbocycles. The third-order valence-corrected chi connectivity index (χ3v) is 3.66. The maximum absolute atomic E-state index is 10.7. The van der Waals surface area contributed by atoms with E-state index in [1.807, 2.05) is 6.92 Å². The van der Waals surface area contributed by atoms with Crippen molar-refractivity contribution in [3.8, 4) is 0 Å². The van der Waals surface area contributed by atoms with Crippen molar-refractivity contribution in [2.75, 3.05) is 13.1 Å². The van der Waals surface area contributed by atoms with Gasteiger partial charge in [-0.05, 0) is 39.8 Å². The SMILES string of the molecule is CC(C(C)N1CCCCC1)=S(=O)=O. The molecule has 1 saturated heterocycles. The summed E-state index contributed by atoms with van der Waals surface area (Å²) in [5.74, 6) is 0. The van der Waals surface area contributed by atoms with Gasteiger partial charge in [0.25, 0.3) is 0 Å². The van der Waals surface area contributed by atoms with Crippen LogP contribution in [-0.4, -0.2) is 37.3 Å². The van der Waals surface area contributed by atoms with Gasteiger partial charge >= 0.3 is 0 Å². The Morgan fingerprint density at radius 1 is 1.23 bits per heavy atom. The van der Waals surface area contributed by atoms with Gasteiger partial charge in [0.2, 0.25) is 10.3 Å². The molecule has 0 aromatic heterocycles. The van der Waals surface area contributed by atoms with E-state index >= 15 is 0 Å². The first-order valence-corrected chi connectivity index (χ1v) is 5.87. The molecule has 13 heavy (non-hydrogen) atoms. The Bertz CT molecular complexity index is 281. The summed E-state index contributed by atoms with van der Waals surface area (Å²) in [6.45, 7) is 5.74. The largest absolute Gasteiger partial charge is 0.296 e. The van der Waals surface area contributed by atoms with E-state index in [1.54, 1.807) is 6.92 Å². The molecule has 76 valence electrons. The molecule has 0 N–H and O–H groups in total. The van der Waals surface area contributed by atoms with E-state index in [9.17, 15) is 8.42 Å². The highest BCUT2D eigenvalue weighted by atomic mass is 32.2. The topological polar surface area (TPSA) is 37.4 Å². The highest BCUT2D eigenvalue weighted by Gasteiger charge is 2.18. The van der Waals surface area contributed by atoms with Gasteiger partial charge in [0.1, 0.15) is 0 Å². The van der Waals surface area contributed by atoms with Crippen molar-refractivity contribution in [3.63, 3.8) is 0 Å². The quantitative estimate of drug-likeness (QED) is 0.627. The van der Waals surface area contributed by atoms with Gasteiger partial charge in [0.05, 0.1) is 4.86 Å². The third kappa shape index (κ3) is 2.81. The zero-order chi connectivity index (χ0) is 9.84. The van der Waals surface area contributed by atoms with E-state index in [-0.39, 0.29) is 6.04 Å². The second kappa shape index (κ2) is 4.77. The Labute approximate surface area is 81.3 Å². The van der Waals surface area contributed by atoms with Gasteiger partial charge in [-0.3, -0.25) is 4.90 Å². The summed E-state index contributed by atoms with van der Waals surface area (Å²) in [4.78, 5) is 2.80. The Balaban J connectivity index is 2.66. The predicted molar refractivity (Wildman–Crippen MR) is 54.5 cm³/mol. The Morgan fingerprint density at radius 3 is 2.23 bits per heavy atom. The van der Waals surface area contributed by atoms with Crippen LogP contribution in [0.5, 0.6) is 0 Å². The summed E-state index contributed by atoms with van der Waals surface area (Å²) in [5.41, 5.74) is 0. The normalized spacial score (nSPS) is 21.1. The average molecular weight is 203 g/mol. The molecule has 0 bridgehead atoms. The fourth-order valence-corrected chi connectivity index (χ4v) is 2.13. The van der Waals surface area contributed by atoms with Gasteiger partial charge in [-0.2, -0.15) is 8.42 Å². The average Bonchev–Trinajstić information content (AvgIpc) is 2.17. The van der Waals surface area contributed by atoms with Gasteiger partial charge in [0.15, 0.2) is 0 Å². The molecule has 0 aromatic rings. The van der Waals surface area contributed by atoms with Crippen molar-refractivity contribution in [2.24, 2.45) is 0 Å². The summed E-state index contributed by atoms with van der Waals surface area (Å²) in [5, 5.41) is 0. The van der Waals surface area contributed by atoms with Crippen LogP contribution in [0.1, 0.15) is 33.1 Å². The van der Waals surface area contributed by atoms with Crippen molar-refractivity contribution in [1.29, 1.82) is 0 Å². The molecule has 0 spiro atoms. The number of likely N-dealkylation sites (tertiary alicyclic amines) is 1. The number of hydrogen-bond donors (Lipinski definition) is 0. The minimum absolute atomic E-state index is 0.0821. The van der Waals surface area contributed by atoms with E-state index in [4.69, 9.17) is 0 Å². The second-order valence-corrected chi connectivity index (χ2v) is 4.73. The fraction of sp³-hybridized carbons (Fsp3) is 0.889. The molecular formula is C9H17NO2S. The van der Waals surface area contributed by atoms with E-state index in [2.05, 4.69) is 4.90 Å². The van der Waals surface area contributed by atoms with Crippen LogP contribution in [0, 0.1) is 0 Å².